The van der Waals surface area contributed by atoms with Crippen molar-refractivity contribution in [3.8, 4) is 16.9 Å². The number of rotatable bonds is 3. The topological polar surface area (TPSA) is 22.1 Å². The molecule has 2 heterocycles. The Labute approximate surface area is 223 Å². The van der Waals surface area contributed by atoms with Crippen LogP contribution in [0, 0.1) is 0 Å². The van der Waals surface area contributed by atoms with E-state index in [-0.39, 0.29) is 0 Å². The molecule has 1 aliphatic rings. The molecule has 3 heteroatoms. The summed E-state index contributed by atoms with van der Waals surface area (Å²) in [7, 11) is 0. The zero-order valence-corrected chi connectivity index (χ0v) is 21.5. The Hall–Kier alpha value is -4.47. The Balaban J connectivity index is 1.47. The summed E-state index contributed by atoms with van der Waals surface area (Å²) in [5, 5.41) is 9.50. The first-order valence-corrected chi connectivity index (χ1v) is 13.8. The first-order chi connectivity index (χ1) is 18.9. The average molecular weight is 506 g/mol. The molecule has 0 amide bonds. The van der Waals surface area contributed by atoms with Gasteiger partial charge in [0.15, 0.2) is 0 Å². The largest absolute Gasteiger partial charge is 0.460 e. The lowest BCUT2D eigenvalue weighted by Gasteiger charge is -2.20. The van der Waals surface area contributed by atoms with Gasteiger partial charge in [-0.2, -0.15) is 0 Å². The first-order valence-electron chi connectivity index (χ1n) is 13.0. The van der Waals surface area contributed by atoms with E-state index in [1.54, 1.807) is 0 Å². The smallest absolute Gasteiger partial charge is 0.142 e. The number of aromatic nitrogens is 1. The van der Waals surface area contributed by atoms with E-state index >= 15 is 0 Å². The normalized spacial score (nSPS) is 13.2. The van der Waals surface area contributed by atoms with Crippen molar-refractivity contribution in [1.82, 2.24) is 4.98 Å². The summed E-state index contributed by atoms with van der Waals surface area (Å²) in [6, 6.07) is 34.6. The summed E-state index contributed by atoms with van der Waals surface area (Å²) in [4.78, 5) is 4.58. The lowest BCUT2D eigenvalue weighted by molar-refractivity contribution is 0.496. The van der Waals surface area contributed by atoms with Gasteiger partial charge in [-0.15, -0.1) is 11.3 Å². The van der Waals surface area contributed by atoms with E-state index in [0.29, 0.717) is 0 Å². The van der Waals surface area contributed by atoms with Crippen molar-refractivity contribution in [2.75, 3.05) is 0 Å². The molecule has 8 rings (SSSR count). The number of ether oxygens (including phenoxy) is 1. The summed E-state index contributed by atoms with van der Waals surface area (Å²) in [6.45, 7) is 0. The van der Waals surface area contributed by atoms with Gasteiger partial charge in [0.25, 0.3) is 0 Å². The van der Waals surface area contributed by atoms with E-state index in [1.807, 2.05) is 23.7 Å². The molecule has 5 aromatic carbocycles. The highest BCUT2D eigenvalue weighted by molar-refractivity contribution is 7.17. The lowest BCUT2D eigenvalue weighted by Crippen LogP contribution is -2.27. The van der Waals surface area contributed by atoms with Crippen molar-refractivity contribution in [1.29, 1.82) is 0 Å². The Morgan fingerprint density at radius 1 is 0.658 bits per heavy atom. The summed E-state index contributed by atoms with van der Waals surface area (Å²) in [5.41, 5.74) is 2.42. The molecule has 2 nitrogen and oxygen atoms in total. The van der Waals surface area contributed by atoms with E-state index in [4.69, 9.17) is 4.74 Å². The predicted octanol–water partition coefficient (Wildman–Crippen LogP) is 8.18. The number of hydrogen-bond acceptors (Lipinski definition) is 3. The minimum absolute atomic E-state index is 0.889. The molecule has 0 atom stereocenters. The third kappa shape index (κ3) is 3.22. The summed E-state index contributed by atoms with van der Waals surface area (Å²) >= 11 is 1.86. The van der Waals surface area contributed by atoms with Crippen LogP contribution in [0.2, 0.25) is 0 Å². The molecule has 0 spiro atoms. The maximum atomic E-state index is 7.03. The number of fused-ring (bicyclic) bond motifs is 6. The van der Waals surface area contributed by atoms with Crippen LogP contribution in [0.15, 0.2) is 109 Å². The first kappa shape index (κ1) is 21.6. The van der Waals surface area contributed by atoms with Crippen LogP contribution in [0.5, 0.6) is 5.75 Å². The molecule has 0 saturated heterocycles. The van der Waals surface area contributed by atoms with Crippen molar-refractivity contribution in [2.45, 2.75) is 12.8 Å². The van der Waals surface area contributed by atoms with Crippen LogP contribution >= 0.6 is 11.3 Å². The van der Waals surface area contributed by atoms with Crippen LogP contribution in [0.4, 0.5) is 0 Å². The highest BCUT2D eigenvalue weighted by Gasteiger charge is 2.20. The average Bonchev–Trinajstić information content (AvgIpc) is 3.37. The molecule has 2 aromatic heterocycles. The lowest BCUT2D eigenvalue weighted by atomic mass is 9.89. The highest BCUT2D eigenvalue weighted by atomic mass is 32.1. The monoisotopic (exact) mass is 505 g/mol. The predicted molar refractivity (Wildman–Crippen MR) is 161 cm³/mol. The van der Waals surface area contributed by atoms with Crippen LogP contribution in [0.25, 0.3) is 65.4 Å². The van der Waals surface area contributed by atoms with Crippen molar-refractivity contribution >= 4 is 65.6 Å². The second-order valence-electron chi connectivity index (χ2n) is 9.80. The Kier molecular flexibility index (Phi) is 4.86. The van der Waals surface area contributed by atoms with Gasteiger partial charge in [-0.1, -0.05) is 91.0 Å². The summed E-state index contributed by atoms with van der Waals surface area (Å²) in [6.07, 6.45) is 8.11. The fourth-order valence-electron chi connectivity index (χ4n) is 6.00. The molecule has 0 aliphatic heterocycles. The second-order valence-corrected chi connectivity index (χ2v) is 10.9. The molecular formula is C35H23NOS. The van der Waals surface area contributed by atoms with E-state index in [1.165, 1.54) is 47.1 Å². The molecule has 0 bridgehead atoms. The van der Waals surface area contributed by atoms with Crippen molar-refractivity contribution in [3.63, 3.8) is 0 Å². The molecule has 1 aliphatic carbocycles. The summed E-state index contributed by atoms with van der Waals surface area (Å²) < 4.78 is 9.65. The molecule has 0 radical (unpaired) electrons. The van der Waals surface area contributed by atoms with Gasteiger partial charge in [0, 0.05) is 54.8 Å². The molecule has 180 valence electrons. The Bertz CT molecular complexity index is 2110. The molecule has 0 fully saturated rings. The minimum Gasteiger partial charge on any atom is -0.460 e. The van der Waals surface area contributed by atoms with Gasteiger partial charge in [-0.05, 0) is 45.8 Å². The van der Waals surface area contributed by atoms with Crippen LogP contribution in [-0.2, 0) is 0 Å². The third-order valence-corrected chi connectivity index (χ3v) is 8.83. The van der Waals surface area contributed by atoms with Crippen LogP contribution in [0.3, 0.4) is 0 Å². The number of pyridine rings is 1. The fourth-order valence-corrected chi connectivity index (χ4v) is 7.20. The highest BCUT2D eigenvalue weighted by Crippen LogP contribution is 2.45. The molecule has 38 heavy (non-hydrogen) atoms. The zero-order chi connectivity index (χ0) is 25.1. The SMILES string of the molecule is C1=c2sc3ccccc3c2=C(Oc2c3ccccc3c(-c3cccc4ccccc34)c3cnccc23)CC1. The third-order valence-electron chi connectivity index (χ3n) is 7.66. The van der Waals surface area contributed by atoms with Crippen LogP contribution in [-0.4, -0.2) is 4.98 Å². The van der Waals surface area contributed by atoms with Gasteiger partial charge in [-0.25, -0.2) is 0 Å². The van der Waals surface area contributed by atoms with Crippen molar-refractivity contribution in [3.05, 3.63) is 119 Å². The quantitative estimate of drug-likeness (QED) is 0.226. The van der Waals surface area contributed by atoms with E-state index in [9.17, 15) is 0 Å². The molecule has 7 aromatic rings. The Morgan fingerprint density at radius 2 is 1.39 bits per heavy atom. The van der Waals surface area contributed by atoms with Crippen molar-refractivity contribution < 1.29 is 4.74 Å². The van der Waals surface area contributed by atoms with Gasteiger partial charge < -0.3 is 4.74 Å². The zero-order valence-electron chi connectivity index (χ0n) is 20.6. The number of nitrogens with zero attached hydrogens (tertiary/aromatic N) is 1. The molecule has 0 unspecified atom stereocenters. The second kappa shape index (κ2) is 8.54. The maximum Gasteiger partial charge on any atom is 0.142 e. The van der Waals surface area contributed by atoms with Gasteiger partial charge in [0.05, 0.1) is 0 Å². The van der Waals surface area contributed by atoms with Gasteiger partial charge in [-0.3, -0.25) is 4.98 Å². The molecule has 0 saturated carbocycles. The van der Waals surface area contributed by atoms with Gasteiger partial charge in [0.1, 0.15) is 11.5 Å². The van der Waals surface area contributed by atoms with Crippen LogP contribution in [0.1, 0.15) is 12.8 Å². The van der Waals surface area contributed by atoms with E-state index in [0.717, 1.165) is 40.5 Å². The minimum atomic E-state index is 0.889. The van der Waals surface area contributed by atoms with E-state index in [2.05, 4.69) is 108 Å². The number of thiophene rings is 1. The number of benzene rings is 5. The maximum absolute atomic E-state index is 7.03. The number of hydrogen-bond donors (Lipinski definition) is 0. The standard InChI is InChI=1S/C35H23NOS/c1-2-11-23-22(9-1)10-7-15-24(23)33-25-12-3-4-13-26(25)35(27-19-20-36-21-29(27)33)37-30-16-8-18-32-34(30)28-14-5-6-17-31(28)38-32/h1-7,9-15,17-21H,8,16H2. The van der Waals surface area contributed by atoms with E-state index < -0.39 is 0 Å². The van der Waals surface area contributed by atoms with Crippen LogP contribution < -0.4 is 14.5 Å². The summed E-state index contributed by atoms with van der Waals surface area (Å²) in [5.74, 6) is 1.97. The van der Waals surface area contributed by atoms with Gasteiger partial charge in [0.2, 0.25) is 0 Å². The molecular weight excluding hydrogens is 482 g/mol. The van der Waals surface area contributed by atoms with Crippen molar-refractivity contribution in [2.24, 2.45) is 0 Å². The Morgan fingerprint density at radius 3 is 2.32 bits per heavy atom. The molecule has 0 N–H and O–H groups in total. The van der Waals surface area contributed by atoms with Gasteiger partial charge >= 0.3 is 0 Å². The fraction of sp³-hybridized carbons (Fsp3) is 0.0571.